The molecule has 206 valence electrons. The van der Waals surface area contributed by atoms with Crippen LogP contribution in [-0.2, 0) is 11.2 Å². The van der Waals surface area contributed by atoms with Gasteiger partial charge in [-0.2, -0.15) is 0 Å². The lowest BCUT2D eigenvalue weighted by Crippen LogP contribution is -2.55. The van der Waals surface area contributed by atoms with E-state index in [2.05, 4.69) is 33.5 Å². The van der Waals surface area contributed by atoms with Crippen LogP contribution < -0.4 is 10.6 Å². The van der Waals surface area contributed by atoms with Crippen molar-refractivity contribution in [3.8, 4) is 0 Å². The summed E-state index contributed by atoms with van der Waals surface area (Å²) in [6.45, 7) is 5.79. The Bertz CT molecular complexity index is 1050. The molecule has 2 atom stereocenters. The summed E-state index contributed by atoms with van der Waals surface area (Å²) in [4.78, 5) is 49.3. The lowest BCUT2D eigenvalue weighted by atomic mass is 10.0. The minimum atomic E-state index is -0.184. The van der Waals surface area contributed by atoms with Crippen molar-refractivity contribution in [1.29, 1.82) is 0 Å². The molecular formula is C28H41N7O3. The number of nitrogens with zero attached hydrogens (tertiary/aromatic N) is 5. The largest absolute Gasteiger partial charge is 0.341 e. The number of urea groups is 2. The predicted octanol–water partition coefficient (Wildman–Crippen LogP) is 1.63. The Morgan fingerprint density at radius 2 is 1.61 bits per heavy atom. The Morgan fingerprint density at radius 1 is 0.895 bits per heavy atom. The molecule has 0 radical (unpaired) electrons. The number of benzene rings is 1. The number of hydrogen-bond acceptors (Lipinski definition) is 5. The maximum atomic E-state index is 12.8. The Balaban J connectivity index is 0.914. The molecule has 2 unspecified atom stereocenters. The van der Waals surface area contributed by atoms with Gasteiger partial charge in [-0.1, -0.05) is 18.2 Å². The van der Waals surface area contributed by atoms with Gasteiger partial charge in [0.05, 0.1) is 6.54 Å². The number of piperazine rings is 1. The van der Waals surface area contributed by atoms with Crippen LogP contribution in [-0.4, -0.2) is 126 Å². The lowest BCUT2D eigenvalue weighted by molar-refractivity contribution is -0.131. The summed E-state index contributed by atoms with van der Waals surface area (Å²) in [5, 5.41) is 5.90. The van der Waals surface area contributed by atoms with Gasteiger partial charge in [0.2, 0.25) is 5.91 Å². The number of fused-ring (bicyclic) bond motifs is 3. The summed E-state index contributed by atoms with van der Waals surface area (Å²) in [6.07, 6.45) is 5.65. The average Bonchev–Trinajstić information content (AvgIpc) is 3.47. The molecule has 1 aromatic rings. The molecule has 0 saturated carbocycles. The third kappa shape index (κ3) is 5.08. The third-order valence-electron chi connectivity index (χ3n) is 9.57. The van der Waals surface area contributed by atoms with Crippen LogP contribution in [0, 0.1) is 0 Å². The van der Waals surface area contributed by atoms with Crippen molar-refractivity contribution in [2.45, 2.75) is 62.7 Å². The van der Waals surface area contributed by atoms with Gasteiger partial charge in [0.15, 0.2) is 0 Å². The fourth-order valence-corrected chi connectivity index (χ4v) is 7.28. The molecule has 10 heteroatoms. The van der Waals surface area contributed by atoms with Crippen molar-refractivity contribution in [2.75, 3.05) is 64.7 Å². The monoisotopic (exact) mass is 523 g/mol. The SMILES string of the molecule is CN1CC2CC1CN2C1CCN(C(=O)CNC(=O)N2CCC(N3CCc4ccccc4NC3=O)CC2)CC1. The first kappa shape index (κ1) is 25.4. The van der Waals surface area contributed by atoms with E-state index in [-0.39, 0.29) is 30.6 Å². The van der Waals surface area contributed by atoms with E-state index in [1.54, 1.807) is 4.90 Å². The van der Waals surface area contributed by atoms with Gasteiger partial charge in [0, 0.05) is 75.7 Å². The van der Waals surface area contributed by atoms with E-state index in [4.69, 9.17) is 0 Å². The van der Waals surface area contributed by atoms with Gasteiger partial charge in [-0.05, 0) is 57.2 Å². The van der Waals surface area contributed by atoms with Crippen LogP contribution in [0.2, 0.25) is 0 Å². The lowest BCUT2D eigenvalue weighted by Gasteiger charge is -2.42. The van der Waals surface area contributed by atoms with Crippen molar-refractivity contribution in [3.05, 3.63) is 29.8 Å². The highest BCUT2D eigenvalue weighted by Gasteiger charge is 2.44. The molecule has 4 fully saturated rings. The second kappa shape index (κ2) is 10.7. The molecule has 5 heterocycles. The molecule has 1 aromatic carbocycles. The molecule has 2 bridgehead atoms. The zero-order valence-electron chi connectivity index (χ0n) is 22.5. The molecule has 4 saturated heterocycles. The van der Waals surface area contributed by atoms with Gasteiger partial charge in [0.25, 0.3) is 0 Å². The van der Waals surface area contributed by atoms with Crippen LogP contribution in [0.15, 0.2) is 24.3 Å². The molecule has 6 rings (SSSR count). The van der Waals surface area contributed by atoms with Crippen molar-refractivity contribution in [3.63, 3.8) is 0 Å². The fourth-order valence-electron chi connectivity index (χ4n) is 7.28. The molecule has 5 amide bonds. The van der Waals surface area contributed by atoms with Gasteiger partial charge in [-0.3, -0.25) is 9.69 Å². The summed E-state index contributed by atoms with van der Waals surface area (Å²) in [5.41, 5.74) is 2.05. The Kier molecular flexibility index (Phi) is 7.18. The molecule has 0 spiro atoms. The second-order valence-electron chi connectivity index (χ2n) is 11.7. The van der Waals surface area contributed by atoms with E-state index in [0.29, 0.717) is 37.8 Å². The minimum absolute atomic E-state index is 0.00941. The Hall–Kier alpha value is -2.85. The van der Waals surface area contributed by atoms with Crippen LogP contribution in [0.4, 0.5) is 15.3 Å². The van der Waals surface area contributed by atoms with Crippen molar-refractivity contribution >= 4 is 23.7 Å². The highest BCUT2D eigenvalue weighted by atomic mass is 16.2. The number of nitrogens with one attached hydrogen (secondary N) is 2. The number of amides is 5. The zero-order chi connectivity index (χ0) is 26.2. The van der Waals surface area contributed by atoms with Crippen LogP contribution in [0.25, 0.3) is 0 Å². The first-order chi connectivity index (χ1) is 18.5. The average molecular weight is 524 g/mol. The maximum absolute atomic E-state index is 12.8. The molecule has 38 heavy (non-hydrogen) atoms. The van der Waals surface area contributed by atoms with E-state index in [1.165, 1.54) is 19.5 Å². The summed E-state index contributed by atoms with van der Waals surface area (Å²) < 4.78 is 0. The highest BCUT2D eigenvalue weighted by Crippen LogP contribution is 2.33. The van der Waals surface area contributed by atoms with Crippen LogP contribution in [0.5, 0.6) is 0 Å². The maximum Gasteiger partial charge on any atom is 0.322 e. The van der Waals surface area contributed by atoms with Crippen molar-refractivity contribution < 1.29 is 14.4 Å². The molecule has 5 aliphatic rings. The van der Waals surface area contributed by atoms with E-state index >= 15 is 0 Å². The van der Waals surface area contributed by atoms with E-state index in [9.17, 15) is 14.4 Å². The third-order valence-corrected chi connectivity index (χ3v) is 9.57. The van der Waals surface area contributed by atoms with Crippen LogP contribution in [0.1, 0.15) is 37.7 Å². The van der Waals surface area contributed by atoms with Crippen molar-refractivity contribution in [2.24, 2.45) is 0 Å². The molecule has 0 aromatic heterocycles. The first-order valence-corrected chi connectivity index (χ1v) is 14.4. The second-order valence-corrected chi connectivity index (χ2v) is 11.7. The number of hydrogen-bond donors (Lipinski definition) is 2. The quantitative estimate of drug-likeness (QED) is 0.626. The van der Waals surface area contributed by atoms with Gasteiger partial charge in [-0.25, -0.2) is 9.59 Å². The van der Waals surface area contributed by atoms with E-state index in [1.807, 2.05) is 28.0 Å². The minimum Gasteiger partial charge on any atom is -0.341 e. The number of piperidine rings is 2. The van der Waals surface area contributed by atoms with Gasteiger partial charge >= 0.3 is 12.1 Å². The topological polar surface area (TPSA) is 91.5 Å². The highest BCUT2D eigenvalue weighted by molar-refractivity contribution is 5.91. The zero-order valence-corrected chi connectivity index (χ0v) is 22.5. The smallest absolute Gasteiger partial charge is 0.322 e. The summed E-state index contributed by atoms with van der Waals surface area (Å²) >= 11 is 0. The first-order valence-electron chi connectivity index (χ1n) is 14.4. The van der Waals surface area contributed by atoms with Gasteiger partial charge < -0.3 is 30.2 Å². The molecule has 10 nitrogen and oxygen atoms in total. The van der Waals surface area contributed by atoms with Crippen LogP contribution >= 0.6 is 0 Å². The van der Waals surface area contributed by atoms with Crippen molar-refractivity contribution in [1.82, 2.24) is 29.8 Å². The number of rotatable bonds is 4. The molecule has 5 aliphatic heterocycles. The number of likely N-dealkylation sites (N-methyl/N-ethyl adjacent to an activating group) is 1. The Morgan fingerprint density at radius 3 is 2.32 bits per heavy atom. The molecule has 2 N–H and O–H groups in total. The van der Waals surface area contributed by atoms with Crippen LogP contribution in [0.3, 0.4) is 0 Å². The molecular weight excluding hydrogens is 482 g/mol. The summed E-state index contributed by atoms with van der Waals surface area (Å²) in [7, 11) is 2.23. The number of para-hydroxylation sites is 1. The fraction of sp³-hybridized carbons (Fsp3) is 0.679. The Labute approximate surface area is 225 Å². The number of anilines is 1. The van der Waals surface area contributed by atoms with E-state index in [0.717, 1.165) is 56.4 Å². The number of carbonyl (C=O) groups is 3. The van der Waals surface area contributed by atoms with Gasteiger partial charge in [0.1, 0.15) is 0 Å². The molecule has 0 aliphatic carbocycles. The summed E-state index contributed by atoms with van der Waals surface area (Å²) in [5.74, 6) is 0.00941. The van der Waals surface area contributed by atoms with Gasteiger partial charge in [-0.15, -0.1) is 0 Å². The van der Waals surface area contributed by atoms with E-state index < -0.39 is 0 Å². The number of carbonyl (C=O) groups excluding carboxylic acids is 3. The predicted molar refractivity (Wildman–Crippen MR) is 145 cm³/mol. The standard InChI is InChI=1S/C28H41N7O3/c1-31-18-24-16-23(31)19-35(24)22-7-11-32(12-8-22)26(36)17-29-27(37)33-13-9-21(10-14-33)34-15-6-20-4-2-3-5-25(20)30-28(34)38/h2-5,21-24H,6-19H2,1H3,(H,29,37)(H,30,38). The normalized spacial score (nSPS) is 27.3. The number of likely N-dealkylation sites (tertiary alicyclic amines) is 4. The summed E-state index contributed by atoms with van der Waals surface area (Å²) in [6, 6.07) is 9.80.